The van der Waals surface area contributed by atoms with E-state index in [-0.39, 0.29) is 0 Å². The summed E-state index contributed by atoms with van der Waals surface area (Å²) in [6.07, 6.45) is 0. The third kappa shape index (κ3) is 3.10. The van der Waals surface area contributed by atoms with E-state index in [0.717, 1.165) is 11.3 Å². The molecule has 0 aliphatic rings. The van der Waals surface area contributed by atoms with Crippen molar-refractivity contribution in [2.75, 3.05) is 20.0 Å². The van der Waals surface area contributed by atoms with E-state index in [2.05, 4.69) is 0 Å². The Hall–Kier alpha value is -2.36. The highest BCUT2D eigenvalue weighted by Gasteiger charge is 2.07. The fourth-order valence-corrected chi connectivity index (χ4v) is 1.78. The summed E-state index contributed by atoms with van der Waals surface area (Å²) in [6, 6.07) is 13.0. The predicted molar refractivity (Wildman–Crippen MR) is 74.7 cm³/mol. The van der Waals surface area contributed by atoms with E-state index >= 15 is 0 Å². The summed E-state index contributed by atoms with van der Waals surface area (Å²) in [5, 5.41) is 0. The third-order valence-electron chi connectivity index (χ3n) is 2.76. The molecule has 0 saturated carbocycles. The van der Waals surface area contributed by atoms with Crippen LogP contribution in [0.2, 0.25) is 0 Å². The minimum absolute atomic E-state index is 0.407. The second-order valence-corrected chi connectivity index (χ2v) is 4.01. The molecule has 0 unspecified atom stereocenters. The van der Waals surface area contributed by atoms with Crippen LogP contribution in [0, 0.1) is 0 Å². The SMILES string of the molecule is COc1ccccc1COc1ccc(N)cc1OC. The van der Waals surface area contributed by atoms with Gasteiger partial charge >= 0.3 is 0 Å². The molecule has 19 heavy (non-hydrogen) atoms. The standard InChI is InChI=1S/C15H17NO3/c1-17-13-6-4-3-5-11(13)10-19-14-8-7-12(16)9-15(14)18-2/h3-9H,10,16H2,1-2H3. The first kappa shape index (κ1) is 13.1. The molecular formula is C15H17NO3. The minimum atomic E-state index is 0.407. The molecule has 2 rings (SSSR count). The molecule has 0 atom stereocenters. The van der Waals surface area contributed by atoms with Crippen LogP contribution in [-0.2, 0) is 6.61 Å². The summed E-state index contributed by atoms with van der Waals surface area (Å²) in [4.78, 5) is 0. The fraction of sp³-hybridized carbons (Fsp3) is 0.200. The van der Waals surface area contributed by atoms with Gasteiger partial charge < -0.3 is 19.9 Å². The first-order chi connectivity index (χ1) is 9.24. The molecule has 100 valence electrons. The van der Waals surface area contributed by atoms with Crippen LogP contribution in [0.4, 0.5) is 5.69 Å². The lowest BCUT2D eigenvalue weighted by molar-refractivity contribution is 0.278. The number of ether oxygens (including phenoxy) is 3. The van der Waals surface area contributed by atoms with Crippen LogP contribution in [0.15, 0.2) is 42.5 Å². The van der Waals surface area contributed by atoms with Gasteiger partial charge in [-0.3, -0.25) is 0 Å². The van der Waals surface area contributed by atoms with E-state index < -0.39 is 0 Å². The lowest BCUT2D eigenvalue weighted by Gasteiger charge is -2.13. The van der Waals surface area contributed by atoms with Gasteiger partial charge in [0.25, 0.3) is 0 Å². The lowest BCUT2D eigenvalue weighted by Crippen LogP contribution is -2.00. The van der Waals surface area contributed by atoms with Crippen LogP contribution >= 0.6 is 0 Å². The van der Waals surface area contributed by atoms with Gasteiger partial charge in [-0.2, -0.15) is 0 Å². The quantitative estimate of drug-likeness (QED) is 0.839. The van der Waals surface area contributed by atoms with Gasteiger partial charge in [0.05, 0.1) is 14.2 Å². The molecular weight excluding hydrogens is 242 g/mol. The van der Waals surface area contributed by atoms with Crippen LogP contribution < -0.4 is 19.9 Å². The van der Waals surface area contributed by atoms with Gasteiger partial charge in [-0.05, 0) is 18.2 Å². The van der Waals surface area contributed by atoms with Crippen molar-refractivity contribution in [2.24, 2.45) is 0 Å². The van der Waals surface area contributed by atoms with Gasteiger partial charge in [-0.1, -0.05) is 18.2 Å². The minimum Gasteiger partial charge on any atom is -0.496 e. The molecule has 0 amide bonds. The molecule has 0 aliphatic carbocycles. The van der Waals surface area contributed by atoms with Crippen molar-refractivity contribution >= 4 is 5.69 Å². The third-order valence-corrected chi connectivity index (χ3v) is 2.76. The van der Waals surface area contributed by atoms with Crippen molar-refractivity contribution in [3.63, 3.8) is 0 Å². The largest absolute Gasteiger partial charge is 0.496 e. The van der Waals surface area contributed by atoms with Crippen molar-refractivity contribution in [2.45, 2.75) is 6.61 Å². The highest BCUT2D eigenvalue weighted by atomic mass is 16.5. The smallest absolute Gasteiger partial charge is 0.162 e. The molecule has 0 aliphatic heterocycles. The van der Waals surface area contributed by atoms with E-state index in [1.807, 2.05) is 24.3 Å². The van der Waals surface area contributed by atoms with E-state index in [1.54, 1.807) is 32.4 Å². The number of methoxy groups -OCH3 is 2. The first-order valence-electron chi connectivity index (χ1n) is 5.93. The number of hydrogen-bond donors (Lipinski definition) is 1. The Morgan fingerprint density at radius 3 is 2.37 bits per heavy atom. The van der Waals surface area contributed by atoms with Crippen LogP contribution in [0.5, 0.6) is 17.2 Å². The zero-order valence-corrected chi connectivity index (χ0v) is 11.1. The normalized spacial score (nSPS) is 10.0. The Kier molecular flexibility index (Phi) is 4.13. The number of hydrogen-bond acceptors (Lipinski definition) is 4. The topological polar surface area (TPSA) is 53.7 Å². The molecule has 2 aromatic carbocycles. The lowest BCUT2D eigenvalue weighted by atomic mass is 10.2. The van der Waals surface area contributed by atoms with Crippen molar-refractivity contribution < 1.29 is 14.2 Å². The van der Waals surface area contributed by atoms with Crippen LogP contribution in [0.25, 0.3) is 0 Å². The van der Waals surface area contributed by atoms with E-state index in [0.29, 0.717) is 23.8 Å². The van der Waals surface area contributed by atoms with Gasteiger partial charge in [0.2, 0.25) is 0 Å². The van der Waals surface area contributed by atoms with Gasteiger partial charge in [0.1, 0.15) is 12.4 Å². The fourth-order valence-electron chi connectivity index (χ4n) is 1.78. The number of anilines is 1. The molecule has 0 spiro atoms. The molecule has 0 saturated heterocycles. The number of rotatable bonds is 5. The maximum absolute atomic E-state index is 5.75. The molecule has 0 fully saturated rings. The van der Waals surface area contributed by atoms with Crippen molar-refractivity contribution in [3.8, 4) is 17.2 Å². The number of nitrogens with two attached hydrogens (primary N) is 1. The number of para-hydroxylation sites is 1. The number of nitrogen functional groups attached to an aromatic ring is 1. The Bertz CT molecular complexity index is 555. The number of benzene rings is 2. The Balaban J connectivity index is 2.14. The van der Waals surface area contributed by atoms with E-state index in [4.69, 9.17) is 19.9 Å². The maximum Gasteiger partial charge on any atom is 0.162 e. The van der Waals surface area contributed by atoms with Gasteiger partial charge in [0.15, 0.2) is 11.5 Å². The average Bonchev–Trinajstić information content (AvgIpc) is 2.46. The van der Waals surface area contributed by atoms with Gasteiger partial charge in [0, 0.05) is 17.3 Å². The summed E-state index contributed by atoms with van der Waals surface area (Å²) < 4.78 is 16.3. The average molecular weight is 259 g/mol. The van der Waals surface area contributed by atoms with Gasteiger partial charge in [-0.25, -0.2) is 0 Å². The Morgan fingerprint density at radius 1 is 0.895 bits per heavy atom. The second kappa shape index (κ2) is 6.00. The molecule has 0 heterocycles. The molecule has 4 nitrogen and oxygen atoms in total. The predicted octanol–water partition coefficient (Wildman–Crippen LogP) is 2.87. The van der Waals surface area contributed by atoms with Crippen molar-refractivity contribution in [3.05, 3.63) is 48.0 Å². The van der Waals surface area contributed by atoms with Gasteiger partial charge in [-0.15, -0.1) is 0 Å². The summed E-state index contributed by atoms with van der Waals surface area (Å²) >= 11 is 0. The first-order valence-corrected chi connectivity index (χ1v) is 5.93. The highest BCUT2D eigenvalue weighted by Crippen LogP contribution is 2.30. The van der Waals surface area contributed by atoms with Crippen molar-refractivity contribution in [1.29, 1.82) is 0 Å². The summed E-state index contributed by atoms with van der Waals surface area (Å²) in [5.41, 5.74) is 7.32. The zero-order chi connectivity index (χ0) is 13.7. The molecule has 2 N–H and O–H groups in total. The molecule has 0 bridgehead atoms. The van der Waals surface area contributed by atoms with Crippen molar-refractivity contribution in [1.82, 2.24) is 0 Å². The Labute approximate surface area is 112 Å². The van der Waals surface area contributed by atoms with Crippen LogP contribution in [0.3, 0.4) is 0 Å². The molecule has 2 aromatic rings. The second-order valence-electron chi connectivity index (χ2n) is 4.01. The molecule has 4 heteroatoms. The zero-order valence-electron chi connectivity index (χ0n) is 11.1. The highest BCUT2D eigenvalue weighted by molar-refractivity contribution is 5.52. The molecule has 0 aromatic heterocycles. The summed E-state index contributed by atoms with van der Waals surface area (Å²) in [5.74, 6) is 2.08. The maximum atomic E-state index is 5.75. The molecule has 0 radical (unpaired) electrons. The monoisotopic (exact) mass is 259 g/mol. The van der Waals surface area contributed by atoms with Crippen LogP contribution in [-0.4, -0.2) is 14.2 Å². The summed E-state index contributed by atoms with van der Waals surface area (Å²) in [6.45, 7) is 0.407. The van der Waals surface area contributed by atoms with E-state index in [1.165, 1.54) is 0 Å². The van der Waals surface area contributed by atoms with E-state index in [9.17, 15) is 0 Å². The summed E-state index contributed by atoms with van der Waals surface area (Å²) in [7, 11) is 3.23. The van der Waals surface area contributed by atoms with Crippen LogP contribution in [0.1, 0.15) is 5.56 Å². The Morgan fingerprint density at radius 2 is 1.63 bits per heavy atom.